The molecular weight excluding hydrogens is 500 g/mol. The van der Waals surface area contributed by atoms with E-state index >= 15 is 0 Å². The standard InChI is InChI=1S/C39H48O2/c1-9-10-11-19-32(2)22-14-25-35(5)26-15-23-33(3)20-12-13-21-34(4)24-16-27-36(6)28-17-29-37(7)30-18-31-38(8)39(40)41/h9-31H,1-8H3,(H,40,41)/b10-9-,13-12+,19-11+,23-15+,24-16+,25-14+,28-17+,30-18+,32-22+,33-20+,34-21+,35-26+,36-27+,37-29+,38-31+. The lowest BCUT2D eigenvalue weighted by Crippen LogP contribution is -1.94. The fourth-order valence-corrected chi connectivity index (χ4v) is 2.89. The van der Waals surface area contributed by atoms with Crippen molar-refractivity contribution < 1.29 is 9.90 Å². The third-order valence-electron chi connectivity index (χ3n) is 5.41. The van der Waals surface area contributed by atoms with Crippen molar-refractivity contribution in [3.05, 3.63) is 179 Å². The molecule has 0 aliphatic rings. The third kappa shape index (κ3) is 23.2. The second-order valence-corrected chi connectivity index (χ2v) is 9.68. The van der Waals surface area contributed by atoms with Crippen molar-refractivity contribution in [2.75, 3.05) is 0 Å². The summed E-state index contributed by atoms with van der Waals surface area (Å²) in [4.78, 5) is 10.8. The molecule has 41 heavy (non-hydrogen) atoms. The Bertz CT molecular complexity index is 1290. The van der Waals surface area contributed by atoms with Crippen LogP contribution in [0, 0.1) is 0 Å². The maximum Gasteiger partial charge on any atom is 0.331 e. The zero-order valence-corrected chi connectivity index (χ0v) is 26.1. The molecule has 0 aromatic carbocycles. The molecule has 0 saturated carbocycles. The predicted octanol–water partition coefficient (Wildman–Crippen LogP) is 11.2. The molecule has 0 aromatic heterocycles. The molecule has 0 rings (SSSR count). The van der Waals surface area contributed by atoms with Crippen molar-refractivity contribution in [2.24, 2.45) is 0 Å². The first-order valence-corrected chi connectivity index (χ1v) is 13.8. The van der Waals surface area contributed by atoms with E-state index in [2.05, 4.69) is 101 Å². The van der Waals surface area contributed by atoms with Crippen molar-refractivity contribution in [1.82, 2.24) is 0 Å². The van der Waals surface area contributed by atoms with Crippen molar-refractivity contribution in [3.8, 4) is 0 Å². The summed E-state index contributed by atoms with van der Waals surface area (Å²) in [6.07, 6.45) is 46.4. The minimum absolute atomic E-state index is 0.310. The molecule has 0 atom stereocenters. The maximum atomic E-state index is 10.8. The van der Waals surface area contributed by atoms with Crippen LogP contribution in [0.25, 0.3) is 0 Å². The smallest absolute Gasteiger partial charge is 0.331 e. The van der Waals surface area contributed by atoms with Gasteiger partial charge in [0.2, 0.25) is 0 Å². The minimum atomic E-state index is -0.905. The van der Waals surface area contributed by atoms with Crippen LogP contribution in [0.3, 0.4) is 0 Å². The Hall–Kier alpha value is -4.43. The van der Waals surface area contributed by atoms with Gasteiger partial charge < -0.3 is 5.11 Å². The molecular formula is C39H48O2. The highest BCUT2D eigenvalue weighted by Crippen LogP contribution is 2.04. The van der Waals surface area contributed by atoms with Gasteiger partial charge in [-0.15, -0.1) is 0 Å². The second-order valence-electron chi connectivity index (χ2n) is 9.68. The summed E-state index contributed by atoms with van der Waals surface area (Å²) in [6, 6.07) is 0. The summed E-state index contributed by atoms with van der Waals surface area (Å²) in [5.74, 6) is -0.905. The van der Waals surface area contributed by atoms with Crippen LogP contribution in [-0.4, -0.2) is 11.1 Å². The van der Waals surface area contributed by atoms with Crippen molar-refractivity contribution in [2.45, 2.75) is 55.4 Å². The number of hydrogen-bond donors (Lipinski definition) is 1. The molecule has 2 heteroatoms. The molecule has 0 aliphatic heterocycles. The fourth-order valence-electron chi connectivity index (χ4n) is 2.89. The van der Waals surface area contributed by atoms with Gasteiger partial charge in [-0.1, -0.05) is 173 Å². The number of rotatable bonds is 15. The first-order chi connectivity index (χ1) is 19.5. The fraction of sp³-hybridized carbons (Fsp3) is 0.205. The summed E-state index contributed by atoms with van der Waals surface area (Å²) in [5.41, 5.74) is 7.22. The lowest BCUT2D eigenvalue weighted by molar-refractivity contribution is -0.132. The van der Waals surface area contributed by atoms with Gasteiger partial charge in [-0.25, -0.2) is 4.79 Å². The average molecular weight is 549 g/mol. The highest BCUT2D eigenvalue weighted by atomic mass is 16.4. The minimum Gasteiger partial charge on any atom is -0.478 e. The summed E-state index contributed by atoms with van der Waals surface area (Å²) < 4.78 is 0. The largest absolute Gasteiger partial charge is 0.478 e. The van der Waals surface area contributed by atoms with Gasteiger partial charge in [0, 0.05) is 5.57 Å². The summed E-state index contributed by atoms with van der Waals surface area (Å²) in [6.45, 7) is 16.0. The highest BCUT2D eigenvalue weighted by Gasteiger charge is 1.95. The Kier molecular flexibility index (Phi) is 20.9. The number of aliphatic carboxylic acids is 1. The van der Waals surface area contributed by atoms with Gasteiger partial charge >= 0.3 is 5.97 Å². The van der Waals surface area contributed by atoms with Crippen LogP contribution >= 0.6 is 0 Å². The molecule has 216 valence electrons. The van der Waals surface area contributed by atoms with Gasteiger partial charge in [-0.3, -0.25) is 0 Å². The van der Waals surface area contributed by atoms with Gasteiger partial charge in [0.25, 0.3) is 0 Å². The third-order valence-corrected chi connectivity index (χ3v) is 5.41. The van der Waals surface area contributed by atoms with E-state index in [4.69, 9.17) is 5.11 Å². The lowest BCUT2D eigenvalue weighted by Gasteiger charge is -1.91. The summed E-state index contributed by atoms with van der Waals surface area (Å²) in [7, 11) is 0. The Morgan fingerprint density at radius 2 is 0.659 bits per heavy atom. The normalized spacial score (nSPS) is 16.2. The molecule has 0 unspecified atom stereocenters. The monoisotopic (exact) mass is 548 g/mol. The van der Waals surface area contributed by atoms with Gasteiger partial charge in [0.05, 0.1) is 0 Å². The maximum absolute atomic E-state index is 10.8. The Morgan fingerprint density at radius 3 is 0.951 bits per heavy atom. The molecule has 2 nitrogen and oxygen atoms in total. The Balaban J connectivity index is 4.83. The molecule has 0 spiro atoms. The van der Waals surface area contributed by atoms with Crippen LogP contribution in [0.15, 0.2) is 179 Å². The van der Waals surface area contributed by atoms with E-state index in [0.29, 0.717) is 5.57 Å². The number of carboxylic acids is 1. The molecule has 0 bridgehead atoms. The number of carboxylic acid groups (broad SMARTS) is 1. The molecule has 0 amide bonds. The second kappa shape index (κ2) is 23.5. The molecule has 0 fully saturated rings. The Labute approximate surface area is 249 Å². The van der Waals surface area contributed by atoms with Crippen molar-refractivity contribution >= 4 is 5.97 Å². The topological polar surface area (TPSA) is 37.3 Å². The molecule has 1 N–H and O–H groups in total. The van der Waals surface area contributed by atoms with Gasteiger partial charge in [-0.05, 0) is 55.4 Å². The van der Waals surface area contributed by atoms with Gasteiger partial charge in [-0.2, -0.15) is 0 Å². The number of allylic oxidation sites excluding steroid dienone is 29. The van der Waals surface area contributed by atoms with Gasteiger partial charge in [0.1, 0.15) is 0 Å². The van der Waals surface area contributed by atoms with E-state index in [-0.39, 0.29) is 0 Å². The first-order valence-electron chi connectivity index (χ1n) is 13.8. The lowest BCUT2D eigenvalue weighted by atomic mass is 10.2. The van der Waals surface area contributed by atoms with Crippen LogP contribution in [0.1, 0.15) is 55.4 Å². The van der Waals surface area contributed by atoms with Crippen molar-refractivity contribution in [1.29, 1.82) is 0 Å². The van der Waals surface area contributed by atoms with E-state index in [0.717, 1.165) is 16.7 Å². The van der Waals surface area contributed by atoms with E-state index < -0.39 is 5.97 Å². The number of hydrogen-bond acceptors (Lipinski definition) is 1. The Morgan fingerprint density at radius 1 is 0.390 bits per heavy atom. The zero-order valence-electron chi connectivity index (χ0n) is 26.1. The molecule has 0 aliphatic carbocycles. The van der Waals surface area contributed by atoms with Crippen LogP contribution in [0.5, 0.6) is 0 Å². The van der Waals surface area contributed by atoms with E-state index in [9.17, 15) is 4.79 Å². The first kappa shape index (κ1) is 36.6. The van der Waals surface area contributed by atoms with Crippen LogP contribution in [0.2, 0.25) is 0 Å². The van der Waals surface area contributed by atoms with E-state index in [1.807, 2.05) is 74.6 Å². The molecule has 0 radical (unpaired) electrons. The van der Waals surface area contributed by atoms with Crippen molar-refractivity contribution in [3.63, 3.8) is 0 Å². The molecule has 0 heterocycles. The van der Waals surface area contributed by atoms with Gasteiger partial charge in [0.15, 0.2) is 0 Å². The predicted molar refractivity (Wildman–Crippen MR) is 183 cm³/mol. The van der Waals surface area contributed by atoms with Crippen LogP contribution < -0.4 is 0 Å². The number of carbonyl (C=O) groups is 1. The summed E-state index contributed by atoms with van der Waals surface area (Å²) in [5, 5.41) is 8.86. The van der Waals surface area contributed by atoms with E-state index in [1.54, 1.807) is 19.1 Å². The quantitative estimate of drug-likeness (QED) is 0.163. The zero-order chi connectivity index (χ0) is 30.9. The van der Waals surface area contributed by atoms with E-state index in [1.165, 1.54) is 16.7 Å². The highest BCUT2D eigenvalue weighted by molar-refractivity contribution is 5.86. The van der Waals surface area contributed by atoms with Crippen LogP contribution in [-0.2, 0) is 4.79 Å². The van der Waals surface area contributed by atoms with Crippen LogP contribution in [0.4, 0.5) is 0 Å². The SMILES string of the molecule is C\C=C/C=C/C(C)=C/C=C/C(C)=C/C=C/C(C)=C/C=C/C=C(C)/C=C/C=C(C)/C=C/C=C(C)/C=C/C=C(\C)C(=O)O. The summed E-state index contributed by atoms with van der Waals surface area (Å²) >= 11 is 0. The molecule has 0 aromatic rings. The average Bonchev–Trinajstić information content (AvgIpc) is 2.91. The molecule has 0 saturated heterocycles.